The Hall–Kier alpha value is -2.11. The van der Waals surface area contributed by atoms with Crippen LogP contribution in [0.2, 0.25) is 0 Å². The molecule has 0 spiro atoms. The summed E-state index contributed by atoms with van der Waals surface area (Å²) in [7, 11) is 0. The number of amides is 1. The highest BCUT2D eigenvalue weighted by atomic mass is 16.2. The Labute approximate surface area is 117 Å². The fourth-order valence-corrected chi connectivity index (χ4v) is 2.66. The van der Waals surface area contributed by atoms with Crippen molar-refractivity contribution in [2.75, 3.05) is 18.8 Å². The zero-order valence-electron chi connectivity index (χ0n) is 11.7. The van der Waals surface area contributed by atoms with Crippen molar-refractivity contribution in [2.45, 2.75) is 32.7 Å². The van der Waals surface area contributed by atoms with Crippen molar-refractivity contribution < 1.29 is 4.79 Å². The lowest BCUT2D eigenvalue weighted by atomic mass is 10.1. The number of carbonyl (C=O) groups is 1. The van der Waals surface area contributed by atoms with Gasteiger partial charge in [0.05, 0.1) is 0 Å². The molecule has 2 N–H and O–H groups in total. The molecule has 0 saturated carbocycles. The van der Waals surface area contributed by atoms with Crippen molar-refractivity contribution in [1.29, 1.82) is 0 Å². The highest BCUT2D eigenvalue weighted by Gasteiger charge is 2.19. The normalized spacial score (nSPS) is 15.8. The Morgan fingerprint density at radius 3 is 2.85 bits per heavy atom. The third-order valence-electron chi connectivity index (χ3n) is 3.75. The minimum Gasteiger partial charge on any atom is -0.369 e. The summed E-state index contributed by atoms with van der Waals surface area (Å²) in [5.41, 5.74) is 8.38. The molecule has 0 aromatic carbocycles. The van der Waals surface area contributed by atoms with Gasteiger partial charge in [0.15, 0.2) is 5.65 Å². The molecule has 0 bridgehead atoms. The lowest BCUT2D eigenvalue weighted by Gasteiger charge is -2.26. The van der Waals surface area contributed by atoms with Gasteiger partial charge in [0, 0.05) is 19.3 Å². The zero-order chi connectivity index (χ0) is 14.1. The molecule has 1 fully saturated rings. The molecule has 0 unspecified atom stereocenters. The lowest BCUT2D eigenvalue weighted by molar-refractivity contribution is -0.132. The van der Waals surface area contributed by atoms with Gasteiger partial charge >= 0.3 is 0 Å². The molecule has 6 nitrogen and oxygen atoms in total. The van der Waals surface area contributed by atoms with Crippen LogP contribution in [0.5, 0.6) is 0 Å². The maximum Gasteiger partial charge on any atom is 0.242 e. The molecule has 106 valence electrons. The van der Waals surface area contributed by atoms with E-state index in [9.17, 15) is 4.79 Å². The van der Waals surface area contributed by atoms with Crippen LogP contribution in [0, 0.1) is 6.92 Å². The Bertz CT molecular complexity index is 642. The van der Waals surface area contributed by atoms with Crippen LogP contribution in [0.25, 0.3) is 11.2 Å². The first-order valence-electron chi connectivity index (χ1n) is 7.01. The summed E-state index contributed by atoms with van der Waals surface area (Å²) in [5.74, 6) is 0.446. The van der Waals surface area contributed by atoms with E-state index in [1.54, 1.807) is 10.8 Å². The average Bonchev–Trinajstić information content (AvgIpc) is 2.75. The van der Waals surface area contributed by atoms with Crippen LogP contribution in [-0.4, -0.2) is 38.4 Å². The number of aryl methyl sites for hydroxylation is 1. The van der Waals surface area contributed by atoms with Gasteiger partial charge < -0.3 is 10.6 Å². The Kier molecular flexibility index (Phi) is 3.30. The second-order valence-corrected chi connectivity index (χ2v) is 5.35. The number of piperidine rings is 1. The van der Waals surface area contributed by atoms with E-state index in [4.69, 9.17) is 5.73 Å². The van der Waals surface area contributed by atoms with E-state index in [0.717, 1.165) is 37.0 Å². The number of fused-ring (bicyclic) bond motifs is 1. The number of hydrogen-bond acceptors (Lipinski definition) is 4. The van der Waals surface area contributed by atoms with E-state index < -0.39 is 0 Å². The van der Waals surface area contributed by atoms with Crippen LogP contribution in [0.3, 0.4) is 0 Å². The lowest BCUT2D eigenvalue weighted by Crippen LogP contribution is -2.37. The summed E-state index contributed by atoms with van der Waals surface area (Å²) in [4.78, 5) is 22.9. The smallest absolute Gasteiger partial charge is 0.242 e. The average molecular weight is 273 g/mol. The number of hydrogen-bond donors (Lipinski definition) is 1. The van der Waals surface area contributed by atoms with Crippen molar-refractivity contribution in [3.63, 3.8) is 0 Å². The van der Waals surface area contributed by atoms with Gasteiger partial charge in [-0.2, -0.15) is 0 Å². The fourth-order valence-electron chi connectivity index (χ4n) is 2.66. The molecule has 0 radical (unpaired) electrons. The SMILES string of the molecule is Cc1cnc2c(c1)nc(N)n2CC(=O)N1CCCCC1. The van der Waals surface area contributed by atoms with E-state index in [1.165, 1.54) is 6.42 Å². The molecule has 3 heterocycles. The van der Waals surface area contributed by atoms with E-state index in [2.05, 4.69) is 9.97 Å². The first kappa shape index (κ1) is 12.9. The second kappa shape index (κ2) is 5.11. The van der Waals surface area contributed by atoms with Gasteiger partial charge in [0.1, 0.15) is 12.1 Å². The van der Waals surface area contributed by atoms with Crippen molar-refractivity contribution in [3.8, 4) is 0 Å². The zero-order valence-corrected chi connectivity index (χ0v) is 11.7. The Morgan fingerprint density at radius 1 is 1.35 bits per heavy atom. The van der Waals surface area contributed by atoms with Crippen molar-refractivity contribution in [3.05, 3.63) is 17.8 Å². The molecule has 3 rings (SSSR count). The highest BCUT2D eigenvalue weighted by Crippen LogP contribution is 2.17. The van der Waals surface area contributed by atoms with E-state index in [-0.39, 0.29) is 12.5 Å². The predicted octanol–water partition coefficient (Wildman–Crippen LogP) is 1.33. The Balaban J connectivity index is 1.86. The molecule has 20 heavy (non-hydrogen) atoms. The van der Waals surface area contributed by atoms with E-state index in [0.29, 0.717) is 11.6 Å². The summed E-state index contributed by atoms with van der Waals surface area (Å²) in [6.45, 7) is 3.87. The number of anilines is 1. The van der Waals surface area contributed by atoms with Crippen molar-refractivity contribution in [1.82, 2.24) is 19.4 Å². The van der Waals surface area contributed by atoms with E-state index >= 15 is 0 Å². The molecule has 2 aromatic heterocycles. The van der Waals surface area contributed by atoms with Gasteiger partial charge in [-0.3, -0.25) is 9.36 Å². The molecule has 0 atom stereocenters. The molecule has 2 aromatic rings. The first-order chi connectivity index (χ1) is 9.65. The van der Waals surface area contributed by atoms with Crippen LogP contribution in [0.1, 0.15) is 24.8 Å². The summed E-state index contributed by atoms with van der Waals surface area (Å²) in [6, 6.07) is 1.93. The molecular weight excluding hydrogens is 254 g/mol. The molecule has 0 aliphatic carbocycles. The number of nitrogens with two attached hydrogens (primary N) is 1. The van der Waals surface area contributed by atoms with Gasteiger partial charge in [-0.25, -0.2) is 9.97 Å². The number of aromatic nitrogens is 3. The number of nitrogen functional groups attached to an aromatic ring is 1. The molecule has 1 saturated heterocycles. The summed E-state index contributed by atoms with van der Waals surface area (Å²) < 4.78 is 1.70. The number of pyridine rings is 1. The molecule has 1 amide bonds. The van der Waals surface area contributed by atoms with Gasteiger partial charge in [-0.1, -0.05) is 0 Å². The predicted molar refractivity (Wildman–Crippen MR) is 77.1 cm³/mol. The number of rotatable bonds is 2. The standard InChI is InChI=1S/C14H19N5O/c1-10-7-11-13(16-8-10)19(14(15)17-11)9-12(20)18-5-3-2-4-6-18/h7-8H,2-6,9H2,1H3,(H2,15,17). The number of nitrogens with zero attached hydrogens (tertiary/aromatic N) is 4. The maximum absolute atomic E-state index is 12.3. The number of imidazole rings is 1. The third-order valence-corrected chi connectivity index (χ3v) is 3.75. The van der Waals surface area contributed by atoms with E-state index in [1.807, 2.05) is 17.9 Å². The quantitative estimate of drug-likeness (QED) is 0.895. The highest BCUT2D eigenvalue weighted by molar-refractivity contribution is 5.81. The van der Waals surface area contributed by atoms with Gasteiger partial charge in [0.2, 0.25) is 11.9 Å². The van der Waals surface area contributed by atoms with Crippen LogP contribution < -0.4 is 5.73 Å². The summed E-state index contributed by atoms with van der Waals surface area (Å²) >= 11 is 0. The van der Waals surface area contributed by atoms with Gasteiger partial charge in [-0.05, 0) is 37.8 Å². The first-order valence-corrected chi connectivity index (χ1v) is 7.01. The second-order valence-electron chi connectivity index (χ2n) is 5.35. The van der Waals surface area contributed by atoms with Crippen LogP contribution in [0.15, 0.2) is 12.3 Å². The molecule has 6 heteroatoms. The van der Waals surface area contributed by atoms with Gasteiger partial charge in [0.25, 0.3) is 0 Å². The number of carbonyl (C=O) groups excluding carboxylic acids is 1. The largest absolute Gasteiger partial charge is 0.369 e. The van der Waals surface area contributed by atoms with Crippen LogP contribution in [0.4, 0.5) is 5.95 Å². The number of likely N-dealkylation sites (tertiary alicyclic amines) is 1. The van der Waals surface area contributed by atoms with Crippen LogP contribution in [-0.2, 0) is 11.3 Å². The third kappa shape index (κ3) is 2.33. The topological polar surface area (TPSA) is 77.0 Å². The monoisotopic (exact) mass is 273 g/mol. The molecule has 1 aliphatic rings. The summed E-state index contributed by atoms with van der Waals surface area (Å²) in [6.07, 6.45) is 5.15. The van der Waals surface area contributed by atoms with Crippen molar-refractivity contribution >= 4 is 23.0 Å². The maximum atomic E-state index is 12.3. The minimum atomic E-state index is 0.0954. The molecular formula is C14H19N5O. The Morgan fingerprint density at radius 2 is 2.10 bits per heavy atom. The van der Waals surface area contributed by atoms with Crippen LogP contribution >= 0.6 is 0 Å². The van der Waals surface area contributed by atoms with Gasteiger partial charge in [-0.15, -0.1) is 0 Å². The summed E-state index contributed by atoms with van der Waals surface area (Å²) in [5, 5.41) is 0. The molecule has 1 aliphatic heterocycles. The fraction of sp³-hybridized carbons (Fsp3) is 0.500. The van der Waals surface area contributed by atoms with Crippen molar-refractivity contribution in [2.24, 2.45) is 0 Å². The minimum absolute atomic E-state index is 0.0954.